The fraction of sp³-hybridized carbons (Fsp3) is 0.321. The molecule has 0 unspecified atom stereocenters. The Bertz CT molecular complexity index is 1600. The van der Waals surface area contributed by atoms with Crippen molar-refractivity contribution in [3.63, 3.8) is 0 Å². The van der Waals surface area contributed by atoms with E-state index < -0.39 is 0 Å². The first-order valence-corrected chi connectivity index (χ1v) is 13.5. The van der Waals surface area contributed by atoms with Crippen LogP contribution < -0.4 is 10.6 Å². The Balaban J connectivity index is 0.00000308. The van der Waals surface area contributed by atoms with Crippen molar-refractivity contribution in [3.8, 4) is 11.3 Å². The predicted octanol–water partition coefficient (Wildman–Crippen LogP) is 6.40. The minimum atomic E-state index is -0.381. The van der Waals surface area contributed by atoms with Gasteiger partial charge in [-0.05, 0) is 29.8 Å². The van der Waals surface area contributed by atoms with Crippen LogP contribution in [0, 0.1) is 0 Å². The second kappa shape index (κ2) is 11.0. The van der Waals surface area contributed by atoms with E-state index in [1.165, 1.54) is 15.8 Å². The lowest BCUT2D eigenvalue weighted by Gasteiger charge is -2.26. The highest BCUT2D eigenvalue weighted by atomic mass is 35.5. The second-order valence-electron chi connectivity index (χ2n) is 10.6. The van der Waals surface area contributed by atoms with Crippen LogP contribution in [-0.4, -0.2) is 51.8 Å². The summed E-state index contributed by atoms with van der Waals surface area (Å²) in [6.07, 6.45) is 2.08. The molecule has 0 spiro atoms. The van der Waals surface area contributed by atoms with E-state index in [1.807, 2.05) is 45.0 Å². The van der Waals surface area contributed by atoms with Crippen LogP contribution in [-0.2, 0) is 16.7 Å². The normalized spacial score (nSPS) is 14.4. The number of carbonyl (C=O) groups is 1. The number of halogens is 1. The maximum atomic E-state index is 12.4. The van der Waals surface area contributed by atoms with Gasteiger partial charge < -0.3 is 14.6 Å². The zero-order chi connectivity index (χ0) is 26.3. The molecule has 11 heteroatoms. The number of thiazole rings is 1. The summed E-state index contributed by atoms with van der Waals surface area (Å²) in [6.45, 7) is 10.5. The van der Waals surface area contributed by atoms with Crippen molar-refractivity contribution in [1.82, 2.24) is 19.4 Å². The van der Waals surface area contributed by atoms with Crippen molar-refractivity contribution in [3.05, 3.63) is 66.1 Å². The molecule has 2 aromatic carbocycles. The van der Waals surface area contributed by atoms with Crippen LogP contribution in [0.3, 0.4) is 0 Å². The van der Waals surface area contributed by atoms with Gasteiger partial charge in [-0.1, -0.05) is 55.5 Å². The molecule has 9 nitrogen and oxygen atoms in total. The number of benzene rings is 2. The van der Waals surface area contributed by atoms with Gasteiger partial charge in [0.1, 0.15) is 5.76 Å². The van der Waals surface area contributed by atoms with Gasteiger partial charge in [0.2, 0.25) is 0 Å². The van der Waals surface area contributed by atoms with Crippen LogP contribution in [0.1, 0.15) is 32.1 Å². The highest BCUT2D eigenvalue weighted by molar-refractivity contribution is 7.23. The van der Waals surface area contributed by atoms with Crippen molar-refractivity contribution in [2.24, 2.45) is 0 Å². The Morgan fingerprint density at radius 2 is 1.82 bits per heavy atom. The molecule has 6 rings (SSSR count). The van der Waals surface area contributed by atoms with Crippen LogP contribution in [0.2, 0.25) is 0 Å². The molecule has 1 fully saturated rings. The Kier molecular flexibility index (Phi) is 7.64. The molecule has 0 aliphatic carbocycles. The van der Waals surface area contributed by atoms with Gasteiger partial charge in [-0.2, -0.15) is 0 Å². The van der Waals surface area contributed by atoms with Crippen LogP contribution in [0.15, 0.2) is 59.3 Å². The molecule has 0 atom stereocenters. The van der Waals surface area contributed by atoms with E-state index in [1.54, 1.807) is 17.4 Å². The number of rotatable bonds is 5. The number of morpholine rings is 1. The van der Waals surface area contributed by atoms with E-state index in [9.17, 15) is 4.79 Å². The predicted molar refractivity (Wildman–Crippen MR) is 157 cm³/mol. The Morgan fingerprint density at radius 1 is 1.05 bits per heavy atom. The van der Waals surface area contributed by atoms with E-state index >= 15 is 0 Å². The van der Waals surface area contributed by atoms with Crippen molar-refractivity contribution in [1.29, 1.82) is 0 Å². The summed E-state index contributed by atoms with van der Waals surface area (Å²) in [5.41, 5.74) is 4.83. The number of imidazole rings is 1. The number of amides is 2. The quantitative estimate of drug-likeness (QED) is 0.255. The smallest absolute Gasteiger partial charge is 0.324 e. The van der Waals surface area contributed by atoms with Crippen molar-refractivity contribution in [2.45, 2.75) is 32.7 Å². The highest BCUT2D eigenvalue weighted by Gasteiger charge is 2.20. The molecule has 0 saturated carbocycles. The lowest BCUT2D eigenvalue weighted by Crippen LogP contribution is -2.35. The monoisotopic (exact) mass is 566 g/mol. The van der Waals surface area contributed by atoms with Gasteiger partial charge in [-0.15, -0.1) is 12.4 Å². The number of carbonyl (C=O) groups excluding carboxylic acids is 1. The molecule has 2 N–H and O–H groups in total. The number of hydrogen-bond acceptors (Lipinski definition) is 7. The van der Waals surface area contributed by atoms with Crippen LogP contribution in [0.4, 0.5) is 16.3 Å². The van der Waals surface area contributed by atoms with Crippen LogP contribution in [0.5, 0.6) is 0 Å². The van der Waals surface area contributed by atoms with Gasteiger partial charge in [0.25, 0.3) is 0 Å². The third-order valence-electron chi connectivity index (χ3n) is 6.60. The highest BCUT2D eigenvalue weighted by Crippen LogP contribution is 2.31. The number of hydrogen-bond donors (Lipinski definition) is 2. The zero-order valence-corrected chi connectivity index (χ0v) is 23.7. The minimum Gasteiger partial charge on any atom is -0.379 e. The van der Waals surface area contributed by atoms with Gasteiger partial charge >= 0.3 is 6.03 Å². The first kappa shape index (κ1) is 27.1. The molecule has 0 radical (unpaired) electrons. The first-order chi connectivity index (χ1) is 18.3. The summed E-state index contributed by atoms with van der Waals surface area (Å²) in [5, 5.41) is 9.47. The summed E-state index contributed by atoms with van der Waals surface area (Å²) in [6, 6.07) is 15.7. The molecule has 3 aromatic heterocycles. The van der Waals surface area contributed by atoms with Crippen molar-refractivity contribution in [2.75, 3.05) is 36.9 Å². The molecular weight excluding hydrogens is 536 g/mol. The third kappa shape index (κ3) is 5.94. The Morgan fingerprint density at radius 3 is 2.54 bits per heavy atom. The summed E-state index contributed by atoms with van der Waals surface area (Å²) >= 11 is 1.69. The number of urea groups is 1. The largest absolute Gasteiger partial charge is 0.379 e. The number of aromatic nitrogens is 3. The Labute approximate surface area is 236 Å². The van der Waals surface area contributed by atoms with Gasteiger partial charge in [-0.3, -0.25) is 14.6 Å². The number of nitrogens with zero attached hydrogens (tertiary/aromatic N) is 4. The maximum Gasteiger partial charge on any atom is 0.324 e. The topological polar surface area (TPSA) is 96.9 Å². The minimum absolute atomic E-state index is 0. The summed E-state index contributed by atoms with van der Waals surface area (Å²) in [4.78, 5) is 20.7. The summed E-state index contributed by atoms with van der Waals surface area (Å²) < 4.78 is 14.2. The van der Waals surface area contributed by atoms with Crippen LogP contribution in [0.25, 0.3) is 26.4 Å². The summed E-state index contributed by atoms with van der Waals surface area (Å²) in [5.74, 6) is 1.08. The molecule has 39 heavy (non-hydrogen) atoms. The van der Waals surface area contributed by atoms with E-state index in [-0.39, 0.29) is 23.9 Å². The SMILES string of the molecule is CC(C)(C)c1cc(NC(=O)Nc2ccc(-c3cn4c(n3)sc3ccc(CN5CCOCC5)cc34)cc2)no1.Cl. The first-order valence-electron chi connectivity index (χ1n) is 12.7. The van der Waals surface area contributed by atoms with Gasteiger partial charge in [0.05, 0.1) is 29.1 Å². The molecule has 5 aromatic rings. The Hall–Kier alpha value is -3.44. The number of anilines is 2. The fourth-order valence-corrected chi connectivity index (χ4v) is 5.48. The standard InChI is InChI=1S/C28H30N6O3S.ClH/c1-28(2,3)24-15-25(32-37-24)31-26(35)29-20-7-5-19(6-8-20)21-17-34-22-14-18(16-33-10-12-36-13-11-33)4-9-23(22)38-27(34)30-21;/h4-9,14-15,17H,10-13,16H2,1-3H3,(H2,29,31,32,35);1H. The maximum absolute atomic E-state index is 12.4. The number of ether oxygens (including phenoxy) is 1. The molecule has 1 aliphatic heterocycles. The average molecular weight is 567 g/mol. The number of fused-ring (bicyclic) bond motifs is 3. The lowest BCUT2D eigenvalue weighted by molar-refractivity contribution is 0.0342. The van der Waals surface area contributed by atoms with Crippen molar-refractivity contribution >= 4 is 56.5 Å². The molecule has 4 heterocycles. The van der Waals surface area contributed by atoms with Gasteiger partial charge in [0.15, 0.2) is 10.8 Å². The molecular formula is C28H31ClN6O3S. The van der Waals surface area contributed by atoms with E-state index in [2.05, 4.69) is 49.5 Å². The zero-order valence-electron chi connectivity index (χ0n) is 22.1. The molecule has 2 amide bonds. The fourth-order valence-electron chi connectivity index (χ4n) is 4.49. The molecule has 0 bridgehead atoms. The van der Waals surface area contributed by atoms with E-state index in [0.29, 0.717) is 17.3 Å². The van der Waals surface area contributed by atoms with E-state index in [4.69, 9.17) is 14.2 Å². The summed E-state index contributed by atoms with van der Waals surface area (Å²) in [7, 11) is 0. The molecule has 204 valence electrons. The second-order valence-corrected chi connectivity index (χ2v) is 11.6. The average Bonchev–Trinajstić information content (AvgIpc) is 3.60. The van der Waals surface area contributed by atoms with Gasteiger partial charge in [0, 0.05) is 48.6 Å². The molecule has 1 aliphatic rings. The lowest BCUT2D eigenvalue weighted by atomic mass is 9.93. The van der Waals surface area contributed by atoms with E-state index in [0.717, 1.165) is 49.1 Å². The van der Waals surface area contributed by atoms with Crippen LogP contribution >= 0.6 is 23.7 Å². The molecule has 1 saturated heterocycles. The third-order valence-corrected chi connectivity index (χ3v) is 7.63. The van der Waals surface area contributed by atoms with Gasteiger partial charge in [-0.25, -0.2) is 9.78 Å². The van der Waals surface area contributed by atoms with Crippen molar-refractivity contribution < 1.29 is 14.1 Å². The number of nitrogens with one attached hydrogen (secondary N) is 2.